The topological polar surface area (TPSA) is 109 Å². The van der Waals surface area contributed by atoms with Crippen molar-refractivity contribution < 1.29 is 47.4 Å². The molecule has 5 rings (SSSR count). The summed E-state index contributed by atoms with van der Waals surface area (Å²) in [6, 6.07) is 0. The van der Waals surface area contributed by atoms with Crippen molar-refractivity contribution in [2.75, 3.05) is 99.1 Å². The average molecular weight is 931 g/mol. The van der Waals surface area contributed by atoms with Gasteiger partial charge in [-0.1, -0.05) is 166 Å². The number of hydrogen-bond acceptors (Lipinski definition) is 10. The lowest BCUT2D eigenvalue weighted by Gasteiger charge is -2.13. The molecular weight excluding hydrogens is 821 g/mol. The van der Waals surface area contributed by atoms with Crippen molar-refractivity contribution in [1.29, 1.82) is 0 Å². The third kappa shape index (κ3) is 43.4. The monoisotopic (exact) mass is 931 g/mol. The van der Waals surface area contributed by atoms with Crippen molar-refractivity contribution in [2.24, 2.45) is 29.6 Å². The molecule has 0 spiro atoms. The van der Waals surface area contributed by atoms with Gasteiger partial charge < -0.3 is 47.4 Å². The van der Waals surface area contributed by atoms with Crippen molar-refractivity contribution in [2.45, 2.75) is 228 Å². The SMILES string of the molecule is CCCCC(CC)COCC1CO1.CCCC[C@@H](CC)COC[C@@H]1CO1.CCCC[C@@H](CC)COC[C@H]1CO1.CCCC[C@H](CC)COC[C@@H]1CO1.CCCC[C@H](CC)COC[C@H]1CO1. The van der Waals surface area contributed by atoms with E-state index in [0.717, 1.165) is 129 Å². The van der Waals surface area contributed by atoms with Gasteiger partial charge in [-0.2, -0.15) is 0 Å². The van der Waals surface area contributed by atoms with Crippen LogP contribution in [0.5, 0.6) is 0 Å². The van der Waals surface area contributed by atoms with Gasteiger partial charge in [0.2, 0.25) is 0 Å². The second-order valence-corrected chi connectivity index (χ2v) is 19.5. The molecule has 10 nitrogen and oxygen atoms in total. The molecule has 0 aromatic rings. The van der Waals surface area contributed by atoms with E-state index in [1.54, 1.807) is 0 Å². The summed E-state index contributed by atoms with van der Waals surface area (Å²) in [4.78, 5) is 0. The van der Waals surface area contributed by atoms with Crippen molar-refractivity contribution in [3.63, 3.8) is 0 Å². The number of epoxide rings is 5. The molecule has 0 bridgehead atoms. The lowest BCUT2D eigenvalue weighted by Crippen LogP contribution is -2.11. The van der Waals surface area contributed by atoms with Gasteiger partial charge in [0.15, 0.2) is 0 Å². The fourth-order valence-electron chi connectivity index (χ4n) is 7.14. The minimum atomic E-state index is 0.420. The van der Waals surface area contributed by atoms with Gasteiger partial charge in [0, 0.05) is 33.0 Å². The summed E-state index contributed by atoms with van der Waals surface area (Å²) >= 11 is 0. The van der Waals surface area contributed by atoms with Crippen LogP contribution in [0.4, 0.5) is 0 Å². The summed E-state index contributed by atoms with van der Waals surface area (Å²) in [5, 5.41) is 0. The molecule has 5 saturated heterocycles. The Bertz CT molecular complexity index is 780. The molecule has 0 amide bonds. The highest BCUT2D eigenvalue weighted by atomic mass is 16.6. The maximum atomic E-state index is 5.58. The van der Waals surface area contributed by atoms with Crippen LogP contribution in [0, 0.1) is 29.6 Å². The van der Waals surface area contributed by atoms with Gasteiger partial charge in [-0.15, -0.1) is 0 Å². The van der Waals surface area contributed by atoms with Gasteiger partial charge in [0.1, 0.15) is 30.5 Å². The molecule has 0 aliphatic carbocycles. The fraction of sp³-hybridized carbons (Fsp3) is 1.00. The minimum Gasteiger partial charge on any atom is -0.378 e. The molecular formula is C55H110O10. The molecule has 0 N–H and O–H groups in total. The van der Waals surface area contributed by atoms with Crippen molar-refractivity contribution >= 4 is 0 Å². The Kier molecular flexibility index (Phi) is 43.1. The Morgan fingerprint density at radius 3 is 0.554 bits per heavy atom. The zero-order chi connectivity index (χ0) is 47.6. The Balaban J connectivity index is 0.000000406. The predicted octanol–water partition coefficient (Wildman–Crippen LogP) is 13.1. The first-order valence-electron chi connectivity index (χ1n) is 27.8. The first-order chi connectivity index (χ1) is 31.8. The fourth-order valence-corrected chi connectivity index (χ4v) is 7.14. The summed E-state index contributed by atoms with van der Waals surface area (Å²) in [6.45, 7) is 35.7. The smallest absolute Gasteiger partial charge is 0.104 e. The van der Waals surface area contributed by atoms with Gasteiger partial charge in [0.05, 0.1) is 66.1 Å². The summed E-state index contributed by atoms with van der Waals surface area (Å²) in [6.07, 6.45) is 28.0. The Morgan fingerprint density at radius 2 is 0.446 bits per heavy atom. The van der Waals surface area contributed by atoms with Crippen LogP contribution in [0.2, 0.25) is 0 Å². The van der Waals surface area contributed by atoms with E-state index >= 15 is 0 Å². The van der Waals surface area contributed by atoms with E-state index in [0.29, 0.717) is 30.5 Å². The summed E-state index contributed by atoms with van der Waals surface area (Å²) in [5.41, 5.74) is 0. The maximum Gasteiger partial charge on any atom is 0.104 e. The van der Waals surface area contributed by atoms with Gasteiger partial charge in [-0.25, -0.2) is 0 Å². The molecule has 2 unspecified atom stereocenters. The highest BCUT2D eigenvalue weighted by Gasteiger charge is 2.25. The van der Waals surface area contributed by atoms with E-state index < -0.39 is 0 Å². The standard InChI is InChI=1S/5C11H22O2/c5*1-3-5-6-10(4-2)7-12-8-11-9-13-11/h5*10-11H,3-9H2,1-2H3/t2*10-,11+;2*10-,11-;/m1010./s1. The minimum absolute atomic E-state index is 0.420. The lowest BCUT2D eigenvalue weighted by molar-refractivity contribution is 0.0813. The average Bonchev–Trinajstić information content (AvgIpc) is 4.12. The van der Waals surface area contributed by atoms with E-state index in [2.05, 4.69) is 69.2 Å². The van der Waals surface area contributed by atoms with E-state index in [1.165, 1.54) is 128 Å². The molecule has 390 valence electrons. The number of hydrogen-bond donors (Lipinski definition) is 0. The molecule has 5 aliphatic rings. The second kappa shape index (κ2) is 44.8. The number of rotatable bonds is 40. The molecule has 0 aromatic heterocycles. The van der Waals surface area contributed by atoms with Crippen LogP contribution in [0.1, 0.15) is 198 Å². The maximum absolute atomic E-state index is 5.58. The van der Waals surface area contributed by atoms with E-state index in [4.69, 9.17) is 47.4 Å². The predicted molar refractivity (Wildman–Crippen MR) is 269 cm³/mol. The lowest BCUT2D eigenvalue weighted by atomic mass is 10.0. The first-order valence-corrected chi connectivity index (χ1v) is 27.8. The summed E-state index contributed by atoms with van der Waals surface area (Å²) < 4.78 is 53.3. The highest BCUT2D eigenvalue weighted by molar-refractivity contribution is 4.71. The molecule has 5 aliphatic heterocycles. The normalized spacial score (nSPS) is 23.1. The molecule has 0 radical (unpaired) electrons. The van der Waals surface area contributed by atoms with E-state index in [-0.39, 0.29) is 0 Å². The highest BCUT2D eigenvalue weighted by Crippen LogP contribution is 2.19. The van der Waals surface area contributed by atoms with Crippen molar-refractivity contribution in [3.05, 3.63) is 0 Å². The largest absolute Gasteiger partial charge is 0.378 e. The second-order valence-electron chi connectivity index (χ2n) is 19.5. The van der Waals surface area contributed by atoms with Crippen LogP contribution < -0.4 is 0 Å². The van der Waals surface area contributed by atoms with Crippen LogP contribution in [0.3, 0.4) is 0 Å². The van der Waals surface area contributed by atoms with Crippen LogP contribution in [0.25, 0.3) is 0 Å². The summed E-state index contributed by atoms with van der Waals surface area (Å²) in [7, 11) is 0. The van der Waals surface area contributed by atoms with Crippen LogP contribution in [-0.2, 0) is 47.4 Å². The Hall–Kier alpha value is -0.400. The molecule has 65 heavy (non-hydrogen) atoms. The Morgan fingerprint density at radius 1 is 0.292 bits per heavy atom. The van der Waals surface area contributed by atoms with E-state index in [1.807, 2.05) is 0 Å². The molecule has 10 heteroatoms. The number of unbranched alkanes of at least 4 members (excludes halogenated alkanes) is 5. The van der Waals surface area contributed by atoms with Crippen LogP contribution in [0.15, 0.2) is 0 Å². The summed E-state index contributed by atoms with van der Waals surface area (Å²) in [5.74, 6) is 3.81. The van der Waals surface area contributed by atoms with Crippen LogP contribution in [-0.4, -0.2) is 130 Å². The van der Waals surface area contributed by atoms with Crippen LogP contribution >= 0.6 is 0 Å². The molecule has 0 saturated carbocycles. The molecule has 10 atom stereocenters. The Labute approximate surface area is 403 Å². The number of ether oxygens (including phenoxy) is 10. The molecule has 0 aromatic carbocycles. The first kappa shape index (κ1) is 62.6. The zero-order valence-electron chi connectivity index (χ0n) is 44.6. The molecule has 5 fully saturated rings. The van der Waals surface area contributed by atoms with Crippen molar-refractivity contribution in [1.82, 2.24) is 0 Å². The van der Waals surface area contributed by atoms with Gasteiger partial charge in [0.25, 0.3) is 0 Å². The van der Waals surface area contributed by atoms with Crippen molar-refractivity contribution in [3.8, 4) is 0 Å². The third-order valence-electron chi connectivity index (χ3n) is 13.0. The van der Waals surface area contributed by atoms with E-state index in [9.17, 15) is 0 Å². The van der Waals surface area contributed by atoms with Gasteiger partial charge in [-0.3, -0.25) is 0 Å². The zero-order valence-corrected chi connectivity index (χ0v) is 44.6. The third-order valence-corrected chi connectivity index (χ3v) is 13.0. The quantitative estimate of drug-likeness (QED) is 0.0551. The molecule has 5 heterocycles. The van der Waals surface area contributed by atoms with Gasteiger partial charge in [-0.05, 0) is 61.7 Å². The van der Waals surface area contributed by atoms with Gasteiger partial charge >= 0.3 is 0 Å².